The number of carbonyl (C=O) groups is 1. The molecule has 6 heteroatoms. The standard InChI is InChI=1S/C29H28FN3OS/c1-18-12-14-22(15-13-18)32-28(34)27-23-8-4-7-11-26(23)35-29(27)33-19(2)16-21(20(33)3)17-31-25-10-6-5-9-24(25)30/h5-6,9-10,12-17H,4,7-8,11H2,1-3H3,(H,32,34). The highest BCUT2D eigenvalue weighted by molar-refractivity contribution is 7.15. The van der Waals surface area contributed by atoms with Gasteiger partial charge >= 0.3 is 0 Å². The Balaban J connectivity index is 1.56. The van der Waals surface area contributed by atoms with Crippen LogP contribution in [0.4, 0.5) is 15.8 Å². The minimum absolute atomic E-state index is 0.0719. The van der Waals surface area contributed by atoms with Crippen molar-refractivity contribution in [3.63, 3.8) is 0 Å². The first-order valence-electron chi connectivity index (χ1n) is 11.9. The van der Waals surface area contributed by atoms with Crippen LogP contribution in [-0.2, 0) is 12.8 Å². The molecule has 4 nitrogen and oxygen atoms in total. The highest BCUT2D eigenvalue weighted by Crippen LogP contribution is 2.39. The van der Waals surface area contributed by atoms with Crippen LogP contribution in [0.2, 0.25) is 0 Å². The fourth-order valence-electron chi connectivity index (χ4n) is 4.70. The Hall–Kier alpha value is -3.51. The molecule has 2 aromatic heterocycles. The smallest absolute Gasteiger partial charge is 0.258 e. The number of nitrogens with one attached hydrogen (secondary N) is 1. The number of anilines is 1. The summed E-state index contributed by atoms with van der Waals surface area (Å²) < 4.78 is 16.2. The van der Waals surface area contributed by atoms with Gasteiger partial charge in [0, 0.05) is 33.7 Å². The van der Waals surface area contributed by atoms with Gasteiger partial charge in [-0.1, -0.05) is 29.8 Å². The van der Waals surface area contributed by atoms with Crippen molar-refractivity contribution in [3.05, 3.63) is 98.9 Å². The molecule has 0 spiro atoms. The number of hydrogen-bond acceptors (Lipinski definition) is 3. The molecular formula is C29H28FN3OS. The van der Waals surface area contributed by atoms with E-state index >= 15 is 0 Å². The minimum Gasteiger partial charge on any atom is -0.322 e. The molecule has 0 atom stereocenters. The highest BCUT2D eigenvalue weighted by atomic mass is 32.1. The second-order valence-electron chi connectivity index (χ2n) is 9.08. The Kier molecular flexibility index (Phi) is 6.39. The number of halogens is 1. The normalized spacial score (nSPS) is 13.3. The zero-order valence-electron chi connectivity index (χ0n) is 20.2. The molecule has 1 N–H and O–H groups in total. The number of thiophene rings is 1. The number of aryl methyl sites for hydroxylation is 3. The number of aliphatic imine (C=N–C) groups is 1. The van der Waals surface area contributed by atoms with Gasteiger partial charge in [0.05, 0.1) is 11.3 Å². The van der Waals surface area contributed by atoms with Gasteiger partial charge in [-0.2, -0.15) is 0 Å². The largest absolute Gasteiger partial charge is 0.322 e. The van der Waals surface area contributed by atoms with Crippen LogP contribution in [-0.4, -0.2) is 16.7 Å². The molecule has 5 rings (SSSR count). The van der Waals surface area contributed by atoms with Gasteiger partial charge < -0.3 is 9.88 Å². The van der Waals surface area contributed by atoms with Crippen molar-refractivity contribution in [2.24, 2.45) is 4.99 Å². The van der Waals surface area contributed by atoms with Crippen molar-refractivity contribution in [1.29, 1.82) is 0 Å². The maximum atomic E-state index is 14.1. The number of hydrogen-bond donors (Lipinski definition) is 1. The molecule has 0 saturated heterocycles. The van der Waals surface area contributed by atoms with Crippen LogP contribution in [0.3, 0.4) is 0 Å². The molecule has 1 amide bonds. The molecule has 1 aliphatic carbocycles. The summed E-state index contributed by atoms with van der Waals surface area (Å²) >= 11 is 1.71. The van der Waals surface area contributed by atoms with E-state index in [1.165, 1.54) is 16.5 Å². The van der Waals surface area contributed by atoms with E-state index in [2.05, 4.69) is 14.9 Å². The second kappa shape index (κ2) is 9.62. The van der Waals surface area contributed by atoms with E-state index in [-0.39, 0.29) is 11.7 Å². The van der Waals surface area contributed by atoms with Crippen LogP contribution < -0.4 is 5.32 Å². The van der Waals surface area contributed by atoms with E-state index in [9.17, 15) is 9.18 Å². The summed E-state index contributed by atoms with van der Waals surface area (Å²) in [6, 6.07) is 16.4. The summed E-state index contributed by atoms with van der Waals surface area (Å²) in [7, 11) is 0. The average molecular weight is 486 g/mol. The highest BCUT2D eigenvalue weighted by Gasteiger charge is 2.28. The summed E-state index contributed by atoms with van der Waals surface area (Å²) in [4.78, 5) is 19.3. The number of para-hydroxylation sites is 1. The fraction of sp³-hybridized carbons (Fsp3) is 0.241. The Labute approximate surface area is 209 Å². The Morgan fingerprint density at radius 3 is 2.57 bits per heavy atom. The van der Waals surface area contributed by atoms with Crippen LogP contribution in [0.25, 0.3) is 5.00 Å². The van der Waals surface area contributed by atoms with E-state index in [1.54, 1.807) is 35.8 Å². The lowest BCUT2D eigenvalue weighted by Gasteiger charge is -2.14. The average Bonchev–Trinajstić information content (AvgIpc) is 3.36. The minimum atomic E-state index is -0.349. The van der Waals surface area contributed by atoms with Crippen molar-refractivity contribution in [3.8, 4) is 5.00 Å². The van der Waals surface area contributed by atoms with Crippen LogP contribution in [0.15, 0.2) is 59.6 Å². The van der Waals surface area contributed by atoms with Crippen molar-refractivity contribution >= 4 is 34.8 Å². The molecule has 178 valence electrons. The second-order valence-corrected chi connectivity index (χ2v) is 10.2. The monoisotopic (exact) mass is 485 g/mol. The van der Waals surface area contributed by atoms with Gasteiger partial charge in [0.2, 0.25) is 0 Å². The Morgan fingerprint density at radius 1 is 1.06 bits per heavy atom. The molecule has 1 aliphatic rings. The fourth-order valence-corrected chi connectivity index (χ4v) is 6.20. The van der Waals surface area contributed by atoms with Crippen LogP contribution in [0.1, 0.15) is 56.2 Å². The molecule has 0 bridgehead atoms. The third kappa shape index (κ3) is 4.58. The molecule has 4 aromatic rings. The first kappa shape index (κ1) is 23.2. The summed E-state index contributed by atoms with van der Waals surface area (Å²) in [5.41, 5.74) is 7.09. The number of benzene rings is 2. The van der Waals surface area contributed by atoms with E-state index in [1.807, 2.05) is 51.1 Å². The van der Waals surface area contributed by atoms with E-state index in [4.69, 9.17) is 0 Å². The lowest BCUT2D eigenvalue weighted by molar-refractivity contribution is 0.102. The first-order chi connectivity index (χ1) is 16.9. The van der Waals surface area contributed by atoms with Gasteiger partial charge in [0.25, 0.3) is 5.91 Å². The van der Waals surface area contributed by atoms with Crippen molar-refractivity contribution in [2.45, 2.75) is 46.5 Å². The Morgan fingerprint density at radius 2 is 1.80 bits per heavy atom. The Bertz CT molecular complexity index is 1430. The lowest BCUT2D eigenvalue weighted by Crippen LogP contribution is -2.17. The van der Waals surface area contributed by atoms with Gasteiger partial charge in [-0.25, -0.2) is 4.39 Å². The quantitative estimate of drug-likeness (QED) is 0.293. The van der Waals surface area contributed by atoms with Gasteiger partial charge in [-0.3, -0.25) is 9.79 Å². The number of rotatable bonds is 5. The summed E-state index contributed by atoms with van der Waals surface area (Å²) in [5, 5.41) is 4.06. The molecule has 35 heavy (non-hydrogen) atoms. The number of amides is 1. The number of aromatic nitrogens is 1. The van der Waals surface area contributed by atoms with Crippen molar-refractivity contribution < 1.29 is 9.18 Å². The predicted molar refractivity (Wildman–Crippen MR) is 143 cm³/mol. The van der Waals surface area contributed by atoms with Crippen molar-refractivity contribution in [2.75, 3.05) is 5.32 Å². The van der Waals surface area contributed by atoms with Gasteiger partial charge in [-0.05, 0) is 82.3 Å². The first-order valence-corrected chi connectivity index (χ1v) is 12.7. The third-order valence-electron chi connectivity index (χ3n) is 6.56. The van der Waals surface area contributed by atoms with E-state index < -0.39 is 0 Å². The van der Waals surface area contributed by atoms with Gasteiger partial charge in [0.15, 0.2) is 0 Å². The van der Waals surface area contributed by atoms with Crippen molar-refractivity contribution in [1.82, 2.24) is 4.57 Å². The van der Waals surface area contributed by atoms with Gasteiger partial charge in [0.1, 0.15) is 10.8 Å². The SMILES string of the molecule is Cc1ccc(NC(=O)c2c(-n3c(C)cc(C=Nc4ccccc4F)c3C)sc3c2CCCC3)cc1. The molecule has 0 radical (unpaired) electrons. The zero-order valence-corrected chi connectivity index (χ0v) is 21.0. The van der Waals surface area contributed by atoms with E-state index in [0.717, 1.165) is 64.4 Å². The molecule has 0 saturated carbocycles. The maximum absolute atomic E-state index is 14.1. The third-order valence-corrected chi connectivity index (χ3v) is 7.83. The molecule has 2 heterocycles. The van der Waals surface area contributed by atoms with Crippen LogP contribution >= 0.6 is 11.3 Å². The van der Waals surface area contributed by atoms with Crippen LogP contribution in [0.5, 0.6) is 0 Å². The predicted octanol–water partition coefficient (Wildman–Crippen LogP) is 7.48. The van der Waals surface area contributed by atoms with Gasteiger partial charge in [-0.15, -0.1) is 11.3 Å². The number of carbonyl (C=O) groups excluding carboxylic acids is 1. The molecule has 0 fully saturated rings. The topological polar surface area (TPSA) is 46.4 Å². The maximum Gasteiger partial charge on any atom is 0.258 e. The summed E-state index contributed by atoms with van der Waals surface area (Å²) in [5.74, 6) is -0.420. The lowest BCUT2D eigenvalue weighted by atomic mass is 9.95. The number of nitrogens with zero attached hydrogens (tertiary/aromatic N) is 2. The van der Waals surface area contributed by atoms with E-state index in [0.29, 0.717) is 5.69 Å². The zero-order chi connectivity index (χ0) is 24.5. The molecule has 0 unspecified atom stereocenters. The summed E-state index contributed by atoms with van der Waals surface area (Å²) in [6.45, 7) is 6.09. The molecular weight excluding hydrogens is 457 g/mol. The number of fused-ring (bicyclic) bond motifs is 1. The summed E-state index contributed by atoms with van der Waals surface area (Å²) in [6.07, 6.45) is 5.88. The molecule has 0 aliphatic heterocycles. The van der Waals surface area contributed by atoms with Crippen LogP contribution in [0, 0.1) is 26.6 Å². The molecule has 2 aromatic carbocycles.